The van der Waals surface area contributed by atoms with Crippen LogP contribution < -0.4 is 0 Å². The Bertz CT molecular complexity index is 522. The predicted octanol–water partition coefficient (Wildman–Crippen LogP) is -0.931. The zero-order valence-electron chi connectivity index (χ0n) is 12.1. The third-order valence-electron chi connectivity index (χ3n) is 2.28. The standard InChI is InChI=1S/C12H19NO7S/c1-19-11(15)9-13(7-8-14)6-4-5-10(12(16)20-2)21(3,17)18/h4-6,14H,7-9H2,1-3H3/b6-4+,10-5-. The first-order valence-electron chi connectivity index (χ1n) is 5.84. The van der Waals surface area contributed by atoms with Crippen molar-refractivity contribution in [3.8, 4) is 0 Å². The minimum atomic E-state index is -3.74. The molecule has 0 amide bonds. The summed E-state index contributed by atoms with van der Waals surface area (Å²) < 4.78 is 31.7. The molecule has 0 aromatic carbocycles. The van der Waals surface area contributed by atoms with Gasteiger partial charge in [-0.3, -0.25) is 4.79 Å². The fraction of sp³-hybridized carbons (Fsp3) is 0.500. The number of aliphatic hydroxyl groups excluding tert-OH is 1. The number of rotatable bonds is 8. The summed E-state index contributed by atoms with van der Waals surface area (Å²) in [6.45, 7) is -0.180. The molecule has 0 atom stereocenters. The minimum Gasteiger partial charge on any atom is -0.468 e. The van der Waals surface area contributed by atoms with Gasteiger partial charge in [0.25, 0.3) is 0 Å². The van der Waals surface area contributed by atoms with E-state index in [2.05, 4.69) is 9.47 Å². The van der Waals surface area contributed by atoms with Crippen molar-refractivity contribution in [3.05, 3.63) is 23.3 Å². The first-order valence-corrected chi connectivity index (χ1v) is 7.74. The van der Waals surface area contributed by atoms with Gasteiger partial charge in [-0.15, -0.1) is 0 Å². The number of sulfone groups is 1. The Morgan fingerprint density at radius 2 is 1.86 bits per heavy atom. The monoisotopic (exact) mass is 321 g/mol. The van der Waals surface area contributed by atoms with Crippen LogP contribution in [0.2, 0.25) is 0 Å². The number of carbonyl (C=O) groups is 2. The molecule has 0 heterocycles. The van der Waals surface area contributed by atoms with Crippen LogP contribution in [0.5, 0.6) is 0 Å². The molecular formula is C12H19NO7S. The topological polar surface area (TPSA) is 110 Å². The molecule has 0 aromatic heterocycles. The van der Waals surface area contributed by atoms with Crippen LogP contribution in [-0.4, -0.2) is 70.5 Å². The van der Waals surface area contributed by atoms with E-state index in [1.54, 1.807) is 0 Å². The molecule has 0 aliphatic rings. The number of hydrogen-bond donors (Lipinski definition) is 1. The maximum Gasteiger partial charge on any atom is 0.349 e. The maximum absolute atomic E-state index is 11.4. The molecule has 8 nitrogen and oxygen atoms in total. The van der Waals surface area contributed by atoms with Gasteiger partial charge in [-0.05, 0) is 18.4 Å². The summed E-state index contributed by atoms with van der Waals surface area (Å²) >= 11 is 0. The zero-order valence-corrected chi connectivity index (χ0v) is 12.9. The van der Waals surface area contributed by atoms with Crippen molar-refractivity contribution >= 4 is 21.8 Å². The minimum absolute atomic E-state index is 0.117. The smallest absolute Gasteiger partial charge is 0.349 e. The second-order valence-electron chi connectivity index (χ2n) is 3.91. The number of methoxy groups -OCH3 is 2. The van der Waals surface area contributed by atoms with Crippen molar-refractivity contribution in [2.75, 3.05) is 40.2 Å². The van der Waals surface area contributed by atoms with Crippen LogP contribution >= 0.6 is 0 Å². The highest BCUT2D eigenvalue weighted by Crippen LogP contribution is 2.07. The normalized spacial score (nSPS) is 12.3. The van der Waals surface area contributed by atoms with Crippen LogP contribution in [0.3, 0.4) is 0 Å². The molecule has 0 radical (unpaired) electrons. The largest absolute Gasteiger partial charge is 0.468 e. The average molecular weight is 321 g/mol. The van der Waals surface area contributed by atoms with Gasteiger partial charge < -0.3 is 19.5 Å². The molecule has 120 valence electrons. The lowest BCUT2D eigenvalue weighted by Crippen LogP contribution is -2.28. The molecule has 9 heteroatoms. The summed E-state index contributed by atoms with van der Waals surface area (Å²) in [6.07, 6.45) is 4.57. The first kappa shape index (κ1) is 19.1. The molecule has 1 N–H and O–H groups in total. The molecule has 0 rings (SSSR count). The highest BCUT2D eigenvalue weighted by molar-refractivity contribution is 7.95. The Labute approximate surface area is 123 Å². The number of ether oxygens (including phenoxy) is 2. The molecule has 21 heavy (non-hydrogen) atoms. The molecule has 0 fully saturated rings. The summed E-state index contributed by atoms with van der Waals surface area (Å²) in [5.41, 5.74) is 0. The van der Waals surface area contributed by atoms with E-state index < -0.39 is 26.7 Å². The van der Waals surface area contributed by atoms with Crippen LogP contribution in [0.4, 0.5) is 0 Å². The predicted molar refractivity (Wildman–Crippen MR) is 74.8 cm³/mol. The molecular weight excluding hydrogens is 302 g/mol. The van der Waals surface area contributed by atoms with Crippen LogP contribution in [0, 0.1) is 0 Å². The van der Waals surface area contributed by atoms with Gasteiger partial charge in [-0.1, -0.05) is 0 Å². The number of nitrogens with zero attached hydrogens (tertiary/aromatic N) is 1. The van der Waals surface area contributed by atoms with Gasteiger partial charge in [0.15, 0.2) is 14.7 Å². The molecule has 0 saturated carbocycles. The summed E-state index contributed by atoms with van der Waals surface area (Å²) in [4.78, 5) is 23.4. The van der Waals surface area contributed by atoms with Gasteiger partial charge in [0.2, 0.25) is 0 Å². The van der Waals surface area contributed by atoms with E-state index >= 15 is 0 Å². The maximum atomic E-state index is 11.4. The Morgan fingerprint density at radius 1 is 1.24 bits per heavy atom. The molecule has 0 spiro atoms. The number of hydrogen-bond acceptors (Lipinski definition) is 8. The molecule has 0 aliphatic carbocycles. The molecule has 0 unspecified atom stereocenters. The van der Waals surface area contributed by atoms with E-state index in [4.69, 9.17) is 5.11 Å². The first-order chi connectivity index (χ1) is 9.76. The average Bonchev–Trinajstić information content (AvgIpc) is 2.41. The second-order valence-corrected chi connectivity index (χ2v) is 5.89. The fourth-order valence-corrected chi connectivity index (χ4v) is 1.97. The molecule has 0 saturated heterocycles. The van der Waals surface area contributed by atoms with Gasteiger partial charge in [0.05, 0.1) is 20.8 Å². The van der Waals surface area contributed by atoms with Crippen LogP contribution in [0.15, 0.2) is 23.3 Å². The summed E-state index contributed by atoms with van der Waals surface area (Å²) in [7, 11) is -1.44. The van der Waals surface area contributed by atoms with Gasteiger partial charge in [0.1, 0.15) is 6.54 Å². The van der Waals surface area contributed by atoms with Gasteiger partial charge in [-0.25, -0.2) is 13.2 Å². The van der Waals surface area contributed by atoms with Crippen molar-refractivity contribution in [2.45, 2.75) is 0 Å². The number of esters is 2. The highest BCUT2D eigenvalue weighted by Gasteiger charge is 2.20. The quantitative estimate of drug-likeness (QED) is 0.347. The molecule has 0 aliphatic heterocycles. The number of aliphatic hydroxyl groups is 1. The Balaban J connectivity index is 5.13. The van der Waals surface area contributed by atoms with Crippen LogP contribution in [0.25, 0.3) is 0 Å². The van der Waals surface area contributed by atoms with E-state index in [0.29, 0.717) is 0 Å². The van der Waals surface area contributed by atoms with Crippen molar-refractivity contribution in [2.24, 2.45) is 0 Å². The van der Waals surface area contributed by atoms with E-state index in [1.807, 2.05) is 0 Å². The summed E-state index contributed by atoms with van der Waals surface area (Å²) in [5, 5.41) is 8.87. The lowest BCUT2D eigenvalue weighted by Gasteiger charge is -2.16. The lowest BCUT2D eigenvalue weighted by molar-refractivity contribution is -0.141. The van der Waals surface area contributed by atoms with Crippen molar-refractivity contribution in [1.82, 2.24) is 4.90 Å². The summed E-state index contributed by atoms with van der Waals surface area (Å²) in [5.74, 6) is -1.50. The number of carbonyl (C=O) groups excluding carboxylic acids is 2. The third-order valence-corrected chi connectivity index (χ3v) is 3.38. The lowest BCUT2D eigenvalue weighted by atomic mass is 10.4. The summed E-state index contributed by atoms with van der Waals surface area (Å²) in [6, 6.07) is 0. The Morgan fingerprint density at radius 3 is 2.29 bits per heavy atom. The van der Waals surface area contributed by atoms with Gasteiger partial charge in [-0.2, -0.15) is 0 Å². The van der Waals surface area contributed by atoms with E-state index in [9.17, 15) is 18.0 Å². The van der Waals surface area contributed by atoms with E-state index in [1.165, 1.54) is 24.3 Å². The Hall–Kier alpha value is -1.87. The third kappa shape index (κ3) is 7.47. The van der Waals surface area contributed by atoms with Crippen molar-refractivity contribution in [3.63, 3.8) is 0 Å². The fourth-order valence-electron chi connectivity index (χ4n) is 1.26. The Kier molecular flexibility index (Phi) is 8.32. The number of allylic oxidation sites excluding steroid dienone is 2. The van der Waals surface area contributed by atoms with Crippen molar-refractivity contribution < 1.29 is 32.6 Å². The SMILES string of the molecule is COC(=O)CN(/C=C/C=C(/C(=O)OC)S(C)(=O)=O)CCO. The molecule has 0 bridgehead atoms. The zero-order chi connectivity index (χ0) is 16.5. The van der Waals surface area contributed by atoms with E-state index in [-0.39, 0.29) is 19.7 Å². The van der Waals surface area contributed by atoms with Crippen LogP contribution in [0.1, 0.15) is 0 Å². The van der Waals surface area contributed by atoms with E-state index in [0.717, 1.165) is 19.4 Å². The van der Waals surface area contributed by atoms with Crippen LogP contribution in [-0.2, 0) is 28.9 Å². The second kappa shape index (κ2) is 9.14. The van der Waals surface area contributed by atoms with Crippen molar-refractivity contribution in [1.29, 1.82) is 0 Å². The van der Waals surface area contributed by atoms with Gasteiger partial charge >= 0.3 is 11.9 Å². The molecule has 0 aromatic rings. The van der Waals surface area contributed by atoms with Gasteiger partial charge in [0, 0.05) is 12.8 Å². The highest BCUT2D eigenvalue weighted by atomic mass is 32.2.